The molecule has 0 saturated heterocycles. The number of hydrogen-bond donors (Lipinski definition) is 0. The van der Waals surface area contributed by atoms with E-state index < -0.39 is 6.10 Å². The highest BCUT2D eigenvalue weighted by molar-refractivity contribution is 5.71. The molecule has 0 aliphatic heterocycles. The summed E-state index contributed by atoms with van der Waals surface area (Å²) in [6.45, 7) is 6.50. The molecule has 0 aromatic carbocycles. The van der Waals surface area contributed by atoms with Gasteiger partial charge < -0.3 is 14.2 Å². The third kappa shape index (κ3) is 57.2. The van der Waals surface area contributed by atoms with Crippen molar-refractivity contribution >= 4 is 17.9 Å². The number of rotatable bonds is 54. The monoisotopic (exact) mass is 1000 g/mol. The lowest BCUT2D eigenvalue weighted by Crippen LogP contribution is -2.30. The fraction of sp³-hybridized carbons (Fsp3) is 0.712. The van der Waals surface area contributed by atoms with Crippen molar-refractivity contribution in [2.75, 3.05) is 13.2 Å². The molecule has 0 heterocycles. The maximum atomic E-state index is 12.9. The molecule has 412 valence electrons. The second-order valence-electron chi connectivity index (χ2n) is 19.9. The van der Waals surface area contributed by atoms with E-state index in [1.807, 2.05) is 0 Å². The van der Waals surface area contributed by atoms with Gasteiger partial charge in [-0.2, -0.15) is 0 Å². The van der Waals surface area contributed by atoms with Crippen LogP contribution in [-0.2, 0) is 28.6 Å². The van der Waals surface area contributed by atoms with Crippen molar-refractivity contribution in [1.82, 2.24) is 0 Å². The van der Waals surface area contributed by atoms with Gasteiger partial charge in [0.05, 0.1) is 0 Å². The first kappa shape index (κ1) is 68.3. The normalized spacial score (nSPS) is 12.8. The summed E-state index contributed by atoms with van der Waals surface area (Å²) in [5.41, 5.74) is 0. The van der Waals surface area contributed by atoms with E-state index in [1.54, 1.807) is 0 Å². The summed E-state index contributed by atoms with van der Waals surface area (Å²) in [7, 11) is 0. The topological polar surface area (TPSA) is 78.9 Å². The number of esters is 3. The van der Waals surface area contributed by atoms with Gasteiger partial charge in [0.1, 0.15) is 13.2 Å². The highest BCUT2D eigenvalue weighted by atomic mass is 16.6. The van der Waals surface area contributed by atoms with Crippen LogP contribution in [0.25, 0.3) is 0 Å². The minimum atomic E-state index is -0.795. The quantitative estimate of drug-likeness (QED) is 0.0261. The van der Waals surface area contributed by atoms with Crippen LogP contribution in [0.2, 0.25) is 0 Å². The van der Waals surface area contributed by atoms with Gasteiger partial charge in [-0.1, -0.05) is 259 Å². The number of allylic oxidation sites excluding steroid dienone is 16. The zero-order chi connectivity index (χ0) is 52.2. The minimum absolute atomic E-state index is 0.0896. The molecule has 0 bridgehead atoms. The van der Waals surface area contributed by atoms with Gasteiger partial charge in [0.2, 0.25) is 0 Å². The second-order valence-corrected chi connectivity index (χ2v) is 19.9. The molecule has 0 aromatic heterocycles. The maximum Gasteiger partial charge on any atom is 0.306 e. The molecule has 0 spiro atoms. The van der Waals surface area contributed by atoms with E-state index in [0.29, 0.717) is 19.3 Å². The van der Waals surface area contributed by atoms with Crippen LogP contribution >= 0.6 is 0 Å². The predicted octanol–water partition coefficient (Wildman–Crippen LogP) is 20.5. The lowest BCUT2D eigenvalue weighted by Gasteiger charge is -2.18. The lowest BCUT2D eigenvalue weighted by molar-refractivity contribution is -0.167. The third-order valence-electron chi connectivity index (χ3n) is 12.8. The third-order valence-corrected chi connectivity index (χ3v) is 12.8. The lowest BCUT2D eigenvalue weighted by atomic mass is 10.0. The Hall–Kier alpha value is -3.67. The van der Waals surface area contributed by atoms with Gasteiger partial charge in [-0.3, -0.25) is 14.4 Å². The Bertz CT molecular complexity index is 1430. The number of ether oxygens (including phenoxy) is 3. The van der Waals surface area contributed by atoms with Crippen molar-refractivity contribution in [3.8, 4) is 0 Å². The number of hydrogen-bond acceptors (Lipinski definition) is 6. The molecule has 6 nitrogen and oxygen atoms in total. The standard InChI is InChI=1S/C66H112O6/c1-4-7-10-13-16-19-22-25-27-29-30-31-32-33-34-35-36-37-39-41-44-47-50-53-56-59-65(68)71-62-63(61-70-64(67)58-55-52-49-46-43-40-24-21-18-15-12-9-6-3)72-66(69)60-57-54-51-48-45-42-38-28-26-23-20-17-14-11-8-5-2/h7,10,16,19,25,27-28,30-31,33-34,36-38,41,44,63H,4-6,8-9,11-15,17-18,20-24,26,29,32,35,39-40,42-43,45-62H2,1-3H3/b10-7-,19-16-,27-25-,31-30-,34-33-,37-36-,38-28-,44-41-. The Kier molecular flexibility index (Phi) is 56.8. The Balaban J connectivity index is 4.42. The van der Waals surface area contributed by atoms with Gasteiger partial charge in [-0.15, -0.1) is 0 Å². The molecule has 0 aliphatic rings. The average molecular weight is 1000 g/mol. The van der Waals surface area contributed by atoms with E-state index >= 15 is 0 Å². The Morgan fingerprint density at radius 3 is 0.875 bits per heavy atom. The van der Waals surface area contributed by atoms with Crippen molar-refractivity contribution in [2.24, 2.45) is 0 Å². The maximum absolute atomic E-state index is 12.9. The molecule has 0 aliphatic carbocycles. The average Bonchev–Trinajstić information content (AvgIpc) is 3.38. The first-order chi connectivity index (χ1) is 35.5. The van der Waals surface area contributed by atoms with Gasteiger partial charge in [-0.05, 0) is 103 Å². The fourth-order valence-electron chi connectivity index (χ4n) is 8.30. The highest BCUT2D eigenvalue weighted by Gasteiger charge is 2.19. The van der Waals surface area contributed by atoms with Crippen LogP contribution in [0.5, 0.6) is 0 Å². The van der Waals surface area contributed by atoms with Crippen LogP contribution in [0.15, 0.2) is 97.2 Å². The number of unbranched alkanes of at least 4 members (excludes halogenated alkanes) is 27. The Morgan fingerprint density at radius 2 is 0.542 bits per heavy atom. The minimum Gasteiger partial charge on any atom is -0.462 e. The van der Waals surface area contributed by atoms with Gasteiger partial charge in [0.15, 0.2) is 6.10 Å². The number of carbonyl (C=O) groups excluding carboxylic acids is 3. The molecular formula is C66H112O6. The highest BCUT2D eigenvalue weighted by Crippen LogP contribution is 2.15. The summed E-state index contributed by atoms with van der Waals surface area (Å²) in [5.74, 6) is -0.926. The molecule has 0 saturated carbocycles. The van der Waals surface area contributed by atoms with Crippen LogP contribution in [0, 0.1) is 0 Å². The summed E-state index contributed by atoms with van der Waals surface area (Å²) in [6, 6.07) is 0. The summed E-state index contributed by atoms with van der Waals surface area (Å²) in [5, 5.41) is 0. The molecule has 1 unspecified atom stereocenters. The number of carbonyl (C=O) groups is 3. The van der Waals surface area contributed by atoms with E-state index in [0.717, 1.165) is 122 Å². The van der Waals surface area contributed by atoms with Crippen molar-refractivity contribution in [1.29, 1.82) is 0 Å². The zero-order valence-corrected chi connectivity index (χ0v) is 47.2. The molecule has 0 fully saturated rings. The molecule has 0 aromatic rings. The first-order valence-corrected chi connectivity index (χ1v) is 30.2. The van der Waals surface area contributed by atoms with Crippen molar-refractivity contribution in [2.45, 2.75) is 290 Å². The van der Waals surface area contributed by atoms with Gasteiger partial charge in [-0.25, -0.2) is 0 Å². The molecule has 0 amide bonds. The van der Waals surface area contributed by atoms with Gasteiger partial charge in [0.25, 0.3) is 0 Å². The summed E-state index contributed by atoms with van der Waals surface area (Å²) < 4.78 is 16.9. The SMILES string of the molecule is CC/C=C\C/C=C\C/C=C\C/C=C\C/C=C\C/C=C\C/C=C\CCCCCC(=O)OCC(COC(=O)CCCCCCCCCCCCCCC)OC(=O)CCCCCCC/C=C\CCCCCCCCC. The van der Waals surface area contributed by atoms with E-state index in [9.17, 15) is 14.4 Å². The second kappa shape index (κ2) is 59.9. The molecule has 0 rings (SSSR count). The van der Waals surface area contributed by atoms with Crippen LogP contribution < -0.4 is 0 Å². The van der Waals surface area contributed by atoms with Crippen molar-refractivity contribution in [3.05, 3.63) is 97.2 Å². The Labute approximate surface area is 445 Å². The van der Waals surface area contributed by atoms with Gasteiger partial charge in [0, 0.05) is 19.3 Å². The van der Waals surface area contributed by atoms with Gasteiger partial charge >= 0.3 is 17.9 Å². The summed E-state index contributed by atoms with van der Waals surface area (Å²) in [6.07, 6.45) is 79.7. The van der Waals surface area contributed by atoms with E-state index in [4.69, 9.17) is 14.2 Å². The Morgan fingerprint density at radius 1 is 0.292 bits per heavy atom. The first-order valence-electron chi connectivity index (χ1n) is 30.2. The van der Waals surface area contributed by atoms with E-state index in [-0.39, 0.29) is 31.1 Å². The van der Waals surface area contributed by atoms with Crippen molar-refractivity contribution in [3.63, 3.8) is 0 Å². The molecule has 6 heteroatoms. The molecule has 72 heavy (non-hydrogen) atoms. The molecule has 0 N–H and O–H groups in total. The van der Waals surface area contributed by atoms with E-state index in [2.05, 4.69) is 118 Å². The fourth-order valence-corrected chi connectivity index (χ4v) is 8.30. The molecule has 1 atom stereocenters. The summed E-state index contributed by atoms with van der Waals surface area (Å²) in [4.78, 5) is 38.2. The smallest absolute Gasteiger partial charge is 0.306 e. The largest absolute Gasteiger partial charge is 0.462 e. The molecule has 0 radical (unpaired) electrons. The van der Waals surface area contributed by atoms with Crippen LogP contribution in [0.4, 0.5) is 0 Å². The summed E-state index contributed by atoms with van der Waals surface area (Å²) >= 11 is 0. The van der Waals surface area contributed by atoms with Crippen LogP contribution in [-0.4, -0.2) is 37.2 Å². The van der Waals surface area contributed by atoms with Crippen LogP contribution in [0.3, 0.4) is 0 Å². The van der Waals surface area contributed by atoms with Crippen molar-refractivity contribution < 1.29 is 28.6 Å². The van der Waals surface area contributed by atoms with Crippen LogP contribution in [0.1, 0.15) is 284 Å². The predicted molar refractivity (Wildman–Crippen MR) is 311 cm³/mol. The molecular weight excluding hydrogens is 889 g/mol. The van der Waals surface area contributed by atoms with E-state index in [1.165, 1.54) is 122 Å². The zero-order valence-electron chi connectivity index (χ0n) is 47.2.